The van der Waals surface area contributed by atoms with E-state index in [1.54, 1.807) is 0 Å². The maximum atomic E-state index is 12.9. The van der Waals surface area contributed by atoms with Crippen molar-refractivity contribution in [1.82, 2.24) is 10.2 Å². The summed E-state index contributed by atoms with van der Waals surface area (Å²) in [6.45, 7) is 5.74. The SMILES string of the molecule is Cc1ccc2c(Cl)c(C(=O)NC[C@@H](c3ccccc3)N3CCOCC3)sc2c1. The Morgan fingerprint density at radius 2 is 1.96 bits per heavy atom. The fourth-order valence-corrected chi connectivity index (χ4v) is 5.14. The normalized spacial score (nSPS) is 16.2. The zero-order valence-electron chi connectivity index (χ0n) is 15.8. The first-order valence-corrected chi connectivity index (χ1v) is 10.7. The summed E-state index contributed by atoms with van der Waals surface area (Å²) in [6, 6.07) is 16.5. The molecule has 0 saturated carbocycles. The molecule has 1 N–H and O–H groups in total. The van der Waals surface area contributed by atoms with E-state index in [0.717, 1.165) is 42.0 Å². The number of ether oxygens (including phenoxy) is 1. The molecule has 0 unspecified atom stereocenters. The Labute approximate surface area is 174 Å². The molecule has 1 aliphatic rings. The zero-order valence-corrected chi connectivity index (χ0v) is 17.4. The highest BCUT2D eigenvalue weighted by molar-refractivity contribution is 7.21. The van der Waals surface area contributed by atoms with Gasteiger partial charge in [-0.25, -0.2) is 0 Å². The number of amides is 1. The van der Waals surface area contributed by atoms with Crippen LogP contribution in [0, 0.1) is 6.92 Å². The van der Waals surface area contributed by atoms with Crippen LogP contribution in [0.2, 0.25) is 5.02 Å². The predicted molar refractivity (Wildman–Crippen MR) is 115 cm³/mol. The van der Waals surface area contributed by atoms with Gasteiger partial charge in [0.15, 0.2) is 0 Å². The van der Waals surface area contributed by atoms with Crippen molar-refractivity contribution in [2.24, 2.45) is 0 Å². The predicted octanol–water partition coefficient (Wildman–Crippen LogP) is 4.67. The van der Waals surface area contributed by atoms with Crippen LogP contribution in [0.4, 0.5) is 0 Å². The van der Waals surface area contributed by atoms with Gasteiger partial charge in [-0.2, -0.15) is 0 Å². The van der Waals surface area contributed by atoms with Gasteiger partial charge in [-0.1, -0.05) is 54.1 Å². The van der Waals surface area contributed by atoms with Crippen LogP contribution in [-0.4, -0.2) is 43.7 Å². The first kappa shape index (κ1) is 19.4. The van der Waals surface area contributed by atoms with Crippen molar-refractivity contribution in [3.63, 3.8) is 0 Å². The third kappa shape index (κ3) is 4.08. The lowest BCUT2D eigenvalue weighted by molar-refractivity contribution is 0.0162. The Kier molecular flexibility index (Phi) is 5.97. The maximum Gasteiger partial charge on any atom is 0.262 e. The molecule has 146 valence electrons. The van der Waals surface area contributed by atoms with E-state index in [-0.39, 0.29) is 11.9 Å². The third-order valence-corrected chi connectivity index (χ3v) is 6.77. The van der Waals surface area contributed by atoms with Gasteiger partial charge in [0.25, 0.3) is 5.91 Å². The van der Waals surface area contributed by atoms with Crippen LogP contribution in [0.5, 0.6) is 0 Å². The highest BCUT2D eigenvalue weighted by Gasteiger charge is 2.24. The summed E-state index contributed by atoms with van der Waals surface area (Å²) in [7, 11) is 0. The molecule has 1 saturated heterocycles. The van der Waals surface area contributed by atoms with Crippen LogP contribution in [0.3, 0.4) is 0 Å². The number of thiophene rings is 1. The number of carbonyl (C=O) groups excluding carboxylic acids is 1. The molecule has 6 heteroatoms. The quantitative estimate of drug-likeness (QED) is 0.659. The number of fused-ring (bicyclic) bond motifs is 1. The van der Waals surface area contributed by atoms with Crippen molar-refractivity contribution in [1.29, 1.82) is 0 Å². The number of carbonyl (C=O) groups is 1. The summed E-state index contributed by atoms with van der Waals surface area (Å²) < 4.78 is 6.54. The Bertz CT molecular complexity index is 967. The Balaban J connectivity index is 1.53. The number of halogens is 1. The standard InChI is InChI=1S/C22H23ClN2O2S/c1-15-7-8-17-19(13-15)28-21(20(17)23)22(26)24-14-18(16-5-3-2-4-6-16)25-9-11-27-12-10-25/h2-8,13,18H,9-12,14H2,1H3,(H,24,26)/t18-/m0/s1. The van der Waals surface area contributed by atoms with Crippen LogP contribution >= 0.6 is 22.9 Å². The van der Waals surface area contributed by atoms with Gasteiger partial charge in [0.05, 0.1) is 24.3 Å². The molecule has 4 nitrogen and oxygen atoms in total. The van der Waals surface area contributed by atoms with Gasteiger partial charge in [-0.3, -0.25) is 9.69 Å². The molecule has 0 radical (unpaired) electrons. The summed E-state index contributed by atoms with van der Waals surface area (Å²) in [6.07, 6.45) is 0. The molecule has 2 heterocycles. The van der Waals surface area contributed by atoms with Crippen molar-refractivity contribution in [2.75, 3.05) is 32.8 Å². The van der Waals surface area contributed by atoms with Crippen LogP contribution in [0.25, 0.3) is 10.1 Å². The molecule has 0 spiro atoms. The van der Waals surface area contributed by atoms with Gasteiger partial charge in [0.1, 0.15) is 4.88 Å². The molecule has 1 fully saturated rings. The smallest absolute Gasteiger partial charge is 0.262 e. The molecule has 1 aromatic heterocycles. The topological polar surface area (TPSA) is 41.6 Å². The number of hydrogen-bond acceptors (Lipinski definition) is 4. The summed E-state index contributed by atoms with van der Waals surface area (Å²) in [4.78, 5) is 15.9. The van der Waals surface area contributed by atoms with Crippen molar-refractivity contribution in [3.8, 4) is 0 Å². The minimum Gasteiger partial charge on any atom is -0.379 e. The van der Waals surface area contributed by atoms with Crippen molar-refractivity contribution >= 4 is 38.9 Å². The van der Waals surface area contributed by atoms with Crippen LogP contribution < -0.4 is 5.32 Å². The number of rotatable bonds is 5. The monoisotopic (exact) mass is 414 g/mol. The molecule has 2 aromatic carbocycles. The fourth-order valence-electron chi connectivity index (χ4n) is 3.61. The van der Waals surface area contributed by atoms with E-state index >= 15 is 0 Å². The van der Waals surface area contributed by atoms with E-state index in [0.29, 0.717) is 16.4 Å². The number of morpholine rings is 1. The summed E-state index contributed by atoms with van der Waals surface area (Å²) in [5.74, 6) is -0.113. The van der Waals surface area contributed by atoms with Gasteiger partial charge >= 0.3 is 0 Å². The Morgan fingerprint density at radius 1 is 1.21 bits per heavy atom. The van der Waals surface area contributed by atoms with E-state index < -0.39 is 0 Å². The number of aryl methyl sites for hydroxylation is 1. The van der Waals surface area contributed by atoms with E-state index in [1.807, 2.05) is 37.3 Å². The molecule has 0 aliphatic carbocycles. The van der Waals surface area contributed by atoms with Gasteiger partial charge < -0.3 is 10.1 Å². The minimum atomic E-state index is -0.113. The first-order chi connectivity index (χ1) is 13.6. The average Bonchev–Trinajstić information content (AvgIpc) is 3.05. The number of hydrogen-bond donors (Lipinski definition) is 1. The average molecular weight is 415 g/mol. The molecular weight excluding hydrogens is 392 g/mol. The molecule has 4 rings (SSSR count). The lowest BCUT2D eigenvalue weighted by atomic mass is 10.0. The van der Waals surface area contributed by atoms with Crippen molar-refractivity contribution in [3.05, 3.63) is 69.6 Å². The minimum absolute atomic E-state index is 0.113. The molecule has 1 atom stereocenters. The molecule has 0 bridgehead atoms. The second-order valence-electron chi connectivity index (χ2n) is 7.03. The van der Waals surface area contributed by atoms with Crippen LogP contribution in [-0.2, 0) is 4.74 Å². The first-order valence-electron chi connectivity index (χ1n) is 9.47. The molecular formula is C22H23ClN2O2S. The van der Waals surface area contributed by atoms with E-state index in [1.165, 1.54) is 16.9 Å². The van der Waals surface area contributed by atoms with E-state index in [2.05, 4.69) is 28.4 Å². The second-order valence-corrected chi connectivity index (χ2v) is 8.46. The highest BCUT2D eigenvalue weighted by atomic mass is 35.5. The molecule has 3 aromatic rings. The third-order valence-electron chi connectivity index (χ3n) is 5.12. The second kappa shape index (κ2) is 8.62. The van der Waals surface area contributed by atoms with E-state index in [4.69, 9.17) is 16.3 Å². The highest BCUT2D eigenvalue weighted by Crippen LogP contribution is 2.35. The van der Waals surface area contributed by atoms with Crippen LogP contribution in [0.15, 0.2) is 48.5 Å². The molecule has 1 aliphatic heterocycles. The summed E-state index contributed by atoms with van der Waals surface area (Å²) >= 11 is 7.96. The zero-order chi connectivity index (χ0) is 19.5. The fraction of sp³-hybridized carbons (Fsp3) is 0.318. The van der Waals surface area contributed by atoms with Gasteiger partial charge in [0, 0.05) is 29.7 Å². The summed E-state index contributed by atoms with van der Waals surface area (Å²) in [5, 5.41) is 4.60. The number of benzene rings is 2. The Hall–Kier alpha value is -1.92. The summed E-state index contributed by atoms with van der Waals surface area (Å²) in [5.41, 5.74) is 2.36. The molecule has 28 heavy (non-hydrogen) atoms. The van der Waals surface area contributed by atoms with Crippen molar-refractivity contribution < 1.29 is 9.53 Å². The number of nitrogens with zero attached hydrogens (tertiary/aromatic N) is 1. The maximum absolute atomic E-state index is 12.9. The van der Waals surface area contributed by atoms with E-state index in [9.17, 15) is 4.79 Å². The Morgan fingerprint density at radius 3 is 2.71 bits per heavy atom. The number of nitrogens with one attached hydrogen (secondary N) is 1. The van der Waals surface area contributed by atoms with Crippen molar-refractivity contribution in [2.45, 2.75) is 13.0 Å². The lowest BCUT2D eigenvalue weighted by Crippen LogP contribution is -2.43. The van der Waals surface area contributed by atoms with Gasteiger partial charge in [-0.05, 0) is 24.1 Å². The molecule has 1 amide bonds. The lowest BCUT2D eigenvalue weighted by Gasteiger charge is -2.34. The van der Waals surface area contributed by atoms with Gasteiger partial charge in [-0.15, -0.1) is 11.3 Å². The van der Waals surface area contributed by atoms with Gasteiger partial charge in [0.2, 0.25) is 0 Å². The van der Waals surface area contributed by atoms with Crippen LogP contribution in [0.1, 0.15) is 26.8 Å². The largest absolute Gasteiger partial charge is 0.379 e.